The van der Waals surface area contributed by atoms with Crippen LogP contribution in [0.1, 0.15) is 129 Å². The summed E-state index contributed by atoms with van der Waals surface area (Å²) in [4.78, 5) is 3.41. The van der Waals surface area contributed by atoms with Gasteiger partial charge in [0, 0.05) is 109 Å². The molecule has 15 heteroatoms. The highest BCUT2D eigenvalue weighted by Gasteiger charge is 2.69. The maximum atomic E-state index is 13.7. The first kappa shape index (κ1) is 67.9. The molecule has 2 spiro atoms. The lowest BCUT2D eigenvalue weighted by Gasteiger charge is -2.68. The molecular formula is C81H103N3O10S2. The monoisotopic (exact) mass is 1340 g/mol. The van der Waals surface area contributed by atoms with Crippen LogP contribution in [-0.4, -0.2) is 129 Å². The summed E-state index contributed by atoms with van der Waals surface area (Å²) in [6, 6.07) is 28.2. The van der Waals surface area contributed by atoms with Crippen LogP contribution in [0.4, 0.5) is 0 Å². The van der Waals surface area contributed by atoms with Gasteiger partial charge in [0.15, 0.2) is 11.5 Å². The van der Waals surface area contributed by atoms with Crippen LogP contribution >= 0.6 is 21.6 Å². The number of methoxy groups -OCH3 is 1. The molecule has 4 aromatic rings. The molecule has 3 aromatic carbocycles. The lowest BCUT2D eigenvalue weighted by Crippen LogP contribution is -2.66. The standard InChI is InChI=1S/C81H103N3O10S2/c1-3-48-33-55-38-70(89)73(94-74-39-56(34-58-19-11-28-83-58)60-26-29-84-79(82)66(60)47-96-95-46-57(44-86)78(74)91)41-62(55)63-40-71(90)76-53(36-61(48)63)25-27-80-43-65(49-13-5-4-6-14-49)68-37-52-17-8-7-16-51(52)35-64-59-20-10-9-15-50(59)21-22-67(64)81(68,75(80)45-87)42-54(18-12-31-92-2)77(80)69(88)23-24-72(76)93-32-30-85/h4-8,11,13-14,16-17,19,21-22,26,28,36,38,41-42,48,50,53,56-57,59,63-65,67-69,71-72,74-78,83-91H,3,9-10,12,15,18,20,23-24,29-35,37,39-40,43-47,82H2,1-2H3. The van der Waals surface area contributed by atoms with Crippen molar-refractivity contribution in [3.63, 3.8) is 0 Å². The Kier molecular flexibility index (Phi) is 20.9. The van der Waals surface area contributed by atoms with Crippen molar-refractivity contribution >= 4 is 21.6 Å². The zero-order chi connectivity index (χ0) is 66.2. The number of nitrogens with one attached hydrogen (secondary N) is 2. The van der Waals surface area contributed by atoms with Gasteiger partial charge in [0.05, 0.1) is 37.6 Å². The SMILES string of the molecule is CCC1Cc2cc(O)c(OC3CC(Cc4ccc[nH]4)C4=CCNC(N)=C4CSSCC(CO)C3O)cc2C2CC(O)C3C(C#CC45CC(c6ccccc6)C6Cc7ccccc7CC7C8CCCCC8C=CC7C6(C=C(CCCOC)C4C(O)CCC3OCCO)C5CO)C=C12. The highest BCUT2D eigenvalue weighted by molar-refractivity contribution is 8.76. The molecule has 21 atom stereocenters. The van der Waals surface area contributed by atoms with Gasteiger partial charge in [0.1, 0.15) is 11.9 Å². The number of dihydropyridines is 1. The summed E-state index contributed by atoms with van der Waals surface area (Å²) < 4.78 is 19.8. The smallest absolute Gasteiger partial charge is 0.161 e. The number of fused-ring (bicyclic) bond motifs is 9. The maximum Gasteiger partial charge on any atom is 0.161 e. The predicted octanol–water partition coefficient (Wildman–Crippen LogP) is 11.7. The van der Waals surface area contributed by atoms with E-state index < -0.39 is 65.0 Å². The van der Waals surface area contributed by atoms with E-state index in [0.29, 0.717) is 93.2 Å². The van der Waals surface area contributed by atoms with Gasteiger partial charge in [-0.3, -0.25) is 0 Å². The lowest BCUT2D eigenvalue weighted by atomic mass is 9.35. The van der Waals surface area contributed by atoms with Crippen molar-refractivity contribution < 1.29 is 50.0 Å². The van der Waals surface area contributed by atoms with Crippen molar-refractivity contribution in [2.45, 2.75) is 152 Å². The fourth-order valence-corrected chi connectivity index (χ4v) is 23.8. The molecule has 2 saturated carbocycles. The molecule has 0 amide bonds. The Morgan fingerprint density at radius 1 is 0.812 bits per heavy atom. The fraction of sp³-hybridized carbons (Fsp3) is 0.580. The first-order valence-corrected chi connectivity index (χ1v) is 38.9. The zero-order valence-corrected chi connectivity index (χ0v) is 57.8. The van der Waals surface area contributed by atoms with Crippen molar-refractivity contribution in [3.8, 4) is 23.3 Å². The van der Waals surface area contributed by atoms with Crippen molar-refractivity contribution in [2.75, 3.05) is 58.2 Å². The third kappa shape index (κ3) is 12.7. The second-order valence-corrected chi connectivity index (χ2v) is 32.7. The van der Waals surface area contributed by atoms with Gasteiger partial charge in [-0.25, -0.2) is 0 Å². The van der Waals surface area contributed by atoms with E-state index in [1.165, 1.54) is 53.5 Å². The fourth-order valence-electron chi connectivity index (χ4n) is 21.3. The van der Waals surface area contributed by atoms with Crippen LogP contribution in [0.5, 0.6) is 11.5 Å². The number of H-pyrrole nitrogens is 1. The van der Waals surface area contributed by atoms with Crippen molar-refractivity contribution in [1.29, 1.82) is 0 Å². The topological polar surface area (TPSA) is 223 Å². The molecule has 514 valence electrons. The average molecular weight is 1340 g/mol. The summed E-state index contributed by atoms with van der Waals surface area (Å²) >= 11 is 0. The van der Waals surface area contributed by atoms with E-state index in [1.54, 1.807) is 28.7 Å². The van der Waals surface area contributed by atoms with Crippen molar-refractivity contribution in [3.05, 3.63) is 177 Å². The van der Waals surface area contributed by atoms with Crippen LogP contribution in [0.15, 0.2) is 144 Å². The molecule has 2 bridgehead atoms. The Morgan fingerprint density at radius 3 is 2.42 bits per heavy atom. The molecule has 14 rings (SSSR count). The number of hydrogen-bond acceptors (Lipinski definition) is 14. The molecule has 3 heterocycles. The van der Waals surface area contributed by atoms with Crippen LogP contribution in [0.2, 0.25) is 0 Å². The summed E-state index contributed by atoms with van der Waals surface area (Å²) in [5.41, 5.74) is 16.9. The number of aliphatic hydroxyl groups excluding tert-OH is 6. The van der Waals surface area contributed by atoms with Gasteiger partial charge in [-0.05, 0) is 195 Å². The Labute approximate surface area is 576 Å². The number of ether oxygens (including phenoxy) is 3. The molecular weight excluding hydrogens is 1240 g/mol. The van der Waals surface area contributed by atoms with Gasteiger partial charge >= 0.3 is 0 Å². The Balaban J connectivity index is 0.922. The van der Waals surface area contributed by atoms with E-state index in [2.05, 4.69) is 120 Å². The van der Waals surface area contributed by atoms with Crippen molar-refractivity contribution in [1.82, 2.24) is 10.3 Å². The van der Waals surface area contributed by atoms with Crippen LogP contribution in [0.25, 0.3) is 0 Å². The number of phenols is 1. The second kappa shape index (κ2) is 29.5. The molecule has 21 unspecified atom stereocenters. The van der Waals surface area contributed by atoms with Crippen LogP contribution < -0.4 is 15.8 Å². The van der Waals surface area contributed by atoms with E-state index in [1.807, 2.05) is 24.4 Å². The third-order valence-electron chi connectivity index (χ3n) is 25.5. The number of phenolic OH excluding ortho intramolecular Hbond substituents is 1. The van der Waals surface area contributed by atoms with E-state index in [4.69, 9.17) is 19.9 Å². The highest BCUT2D eigenvalue weighted by atomic mass is 33.1. The van der Waals surface area contributed by atoms with Crippen LogP contribution in [0.3, 0.4) is 0 Å². The third-order valence-corrected chi connectivity index (χ3v) is 27.9. The minimum atomic E-state index is -1.10. The molecule has 3 fully saturated rings. The summed E-state index contributed by atoms with van der Waals surface area (Å²) in [7, 11) is 5.03. The minimum Gasteiger partial charge on any atom is -0.504 e. The number of benzene rings is 3. The highest BCUT2D eigenvalue weighted by Crippen LogP contribution is 2.73. The first-order valence-electron chi connectivity index (χ1n) is 36.4. The molecule has 2 aliphatic heterocycles. The largest absolute Gasteiger partial charge is 0.504 e. The Morgan fingerprint density at radius 2 is 1.64 bits per heavy atom. The van der Waals surface area contributed by atoms with Gasteiger partial charge in [0.2, 0.25) is 0 Å². The normalized spacial score (nSPS) is 37.2. The Hall–Kier alpha value is -5.22. The number of nitrogens with two attached hydrogens (primary N) is 1. The van der Waals surface area contributed by atoms with Crippen LogP contribution in [0, 0.1) is 93.7 Å². The summed E-state index contributed by atoms with van der Waals surface area (Å²) in [6.45, 7) is 2.87. The first-order chi connectivity index (χ1) is 46.9. The molecule has 10 aliphatic rings. The number of aromatic amines is 1. The lowest BCUT2D eigenvalue weighted by molar-refractivity contribution is -0.148. The van der Waals surface area contributed by atoms with E-state index in [0.717, 1.165) is 60.1 Å². The molecule has 96 heavy (non-hydrogen) atoms. The number of aromatic nitrogens is 1. The minimum absolute atomic E-state index is 0.0158. The molecule has 13 nitrogen and oxygen atoms in total. The number of aliphatic hydroxyl groups is 6. The van der Waals surface area contributed by atoms with Crippen LogP contribution in [-0.2, 0) is 35.2 Å². The number of hydrogen-bond donors (Lipinski definition) is 10. The molecule has 8 aliphatic carbocycles. The summed E-state index contributed by atoms with van der Waals surface area (Å²) in [5, 5.41) is 90.0. The molecule has 1 aromatic heterocycles. The van der Waals surface area contributed by atoms with Crippen molar-refractivity contribution in [2.24, 2.45) is 87.6 Å². The summed E-state index contributed by atoms with van der Waals surface area (Å²) in [5.74, 6) is 9.10. The Bertz CT molecular complexity index is 3600. The predicted molar refractivity (Wildman–Crippen MR) is 381 cm³/mol. The molecule has 11 N–H and O–H groups in total. The average Bonchev–Trinajstić information content (AvgIpc) is 0.698. The second-order valence-electron chi connectivity index (χ2n) is 30.2. The van der Waals surface area contributed by atoms with E-state index in [-0.39, 0.29) is 79.4 Å². The number of aromatic hydroxyl groups is 1. The van der Waals surface area contributed by atoms with Gasteiger partial charge in [-0.1, -0.05) is 149 Å². The van der Waals surface area contributed by atoms with E-state index in [9.17, 15) is 35.7 Å². The maximum absolute atomic E-state index is 13.7. The zero-order valence-electron chi connectivity index (χ0n) is 56.2. The molecule has 0 radical (unpaired) electrons. The van der Waals surface area contributed by atoms with E-state index >= 15 is 0 Å². The summed E-state index contributed by atoms with van der Waals surface area (Å²) in [6.07, 6.45) is 22.4. The number of allylic oxidation sites excluding steroid dienone is 6. The van der Waals surface area contributed by atoms with Gasteiger partial charge in [-0.2, -0.15) is 0 Å². The quantitative estimate of drug-likeness (QED) is 0.0232. The number of rotatable bonds is 15. The molecule has 1 saturated heterocycles. The van der Waals surface area contributed by atoms with Gasteiger partial charge in [0.25, 0.3) is 0 Å². The van der Waals surface area contributed by atoms with Gasteiger partial charge < -0.3 is 66.0 Å². The van der Waals surface area contributed by atoms with Gasteiger partial charge in [-0.15, -0.1) is 0 Å².